The second-order valence-corrected chi connectivity index (χ2v) is 5.10. The van der Waals surface area contributed by atoms with E-state index in [0.717, 1.165) is 10.0 Å². The van der Waals surface area contributed by atoms with E-state index in [9.17, 15) is 4.79 Å². The summed E-state index contributed by atoms with van der Waals surface area (Å²) in [5.41, 5.74) is 6.56. The fraction of sp³-hybridized carbons (Fsp3) is 0.0833. The lowest BCUT2D eigenvalue weighted by Crippen LogP contribution is -2.16. The Labute approximate surface area is 123 Å². The number of hydrogen-bond donors (Lipinski definition) is 2. The van der Waals surface area contributed by atoms with Crippen molar-refractivity contribution in [2.45, 2.75) is 6.92 Å². The highest BCUT2D eigenvalue weighted by molar-refractivity contribution is 9.10. The lowest BCUT2D eigenvalue weighted by molar-refractivity contribution is 0.102. The van der Waals surface area contributed by atoms with E-state index in [1.54, 1.807) is 12.3 Å². The number of carbonyl (C=O) groups is 1. The van der Waals surface area contributed by atoms with Gasteiger partial charge in [0.05, 0.1) is 5.02 Å². The largest absolute Gasteiger partial charge is 0.384 e. The van der Waals surface area contributed by atoms with E-state index >= 15 is 0 Å². The van der Waals surface area contributed by atoms with E-state index < -0.39 is 5.91 Å². The lowest BCUT2D eigenvalue weighted by atomic mass is 10.3. The number of nitrogens with zero attached hydrogens (tertiary/aromatic N) is 2. The van der Waals surface area contributed by atoms with Crippen molar-refractivity contribution in [2.75, 3.05) is 11.1 Å². The standard InChI is InChI=1S/C12H10BrClN4O/c1-6-4-10(16-5-7(6)13)18-12(19)11-8(14)2-3-9(15)17-11/h2-5H,1H3,(H2,15,17)(H,16,18,19). The summed E-state index contributed by atoms with van der Waals surface area (Å²) in [7, 11) is 0. The van der Waals surface area contributed by atoms with Crippen LogP contribution in [-0.2, 0) is 0 Å². The third kappa shape index (κ3) is 3.21. The van der Waals surface area contributed by atoms with Crippen LogP contribution in [0.1, 0.15) is 16.1 Å². The number of nitrogens with two attached hydrogens (primary N) is 1. The van der Waals surface area contributed by atoms with Crippen molar-refractivity contribution in [3.63, 3.8) is 0 Å². The fourth-order valence-corrected chi connectivity index (χ4v) is 1.81. The Morgan fingerprint density at radius 3 is 2.89 bits per heavy atom. The first kappa shape index (κ1) is 13.8. The molecule has 0 bridgehead atoms. The number of nitrogen functional groups attached to an aromatic ring is 1. The molecule has 0 aromatic carbocycles. The fourth-order valence-electron chi connectivity index (χ4n) is 1.40. The molecule has 7 heteroatoms. The number of carbonyl (C=O) groups excluding carboxylic acids is 1. The van der Waals surface area contributed by atoms with Crippen LogP contribution in [0.4, 0.5) is 11.6 Å². The number of aromatic nitrogens is 2. The van der Waals surface area contributed by atoms with Crippen LogP contribution >= 0.6 is 27.5 Å². The van der Waals surface area contributed by atoms with E-state index in [4.69, 9.17) is 17.3 Å². The zero-order valence-electron chi connectivity index (χ0n) is 9.95. The second-order valence-electron chi connectivity index (χ2n) is 3.84. The minimum atomic E-state index is -0.452. The van der Waals surface area contributed by atoms with Crippen molar-refractivity contribution in [1.29, 1.82) is 0 Å². The Morgan fingerprint density at radius 2 is 2.21 bits per heavy atom. The van der Waals surface area contributed by atoms with Crippen LogP contribution in [0.5, 0.6) is 0 Å². The van der Waals surface area contributed by atoms with E-state index in [0.29, 0.717) is 5.82 Å². The smallest absolute Gasteiger partial charge is 0.277 e. The molecule has 5 nitrogen and oxygen atoms in total. The van der Waals surface area contributed by atoms with E-state index in [1.165, 1.54) is 12.1 Å². The van der Waals surface area contributed by atoms with E-state index in [-0.39, 0.29) is 16.5 Å². The van der Waals surface area contributed by atoms with Gasteiger partial charge in [-0.05, 0) is 46.6 Å². The van der Waals surface area contributed by atoms with Crippen LogP contribution in [0, 0.1) is 6.92 Å². The number of amides is 1. The molecule has 2 aromatic heterocycles. The molecule has 98 valence electrons. The first-order chi connectivity index (χ1) is 8.97. The van der Waals surface area contributed by atoms with Gasteiger partial charge < -0.3 is 11.1 Å². The van der Waals surface area contributed by atoms with Crippen molar-refractivity contribution in [1.82, 2.24) is 9.97 Å². The molecule has 0 fully saturated rings. The summed E-state index contributed by atoms with van der Waals surface area (Å²) >= 11 is 9.24. The van der Waals surface area contributed by atoms with Crippen molar-refractivity contribution in [3.05, 3.63) is 45.1 Å². The molecule has 0 aliphatic carbocycles. The molecular weight excluding hydrogens is 332 g/mol. The van der Waals surface area contributed by atoms with Crippen LogP contribution in [0.15, 0.2) is 28.9 Å². The third-order valence-corrected chi connectivity index (χ3v) is 3.51. The van der Waals surface area contributed by atoms with Gasteiger partial charge in [-0.1, -0.05) is 11.6 Å². The topological polar surface area (TPSA) is 80.9 Å². The van der Waals surface area contributed by atoms with Gasteiger partial charge in [-0.25, -0.2) is 9.97 Å². The van der Waals surface area contributed by atoms with Gasteiger partial charge in [-0.2, -0.15) is 0 Å². The zero-order valence-corrected chi connectivity index (χ0v) is 12.3. The normalized spacial score (nSPS) is 10.3. The molecule has 0 saturated carbocycles. The van der Waals surface area contributed by atoms with E-state index in [1.807, 2.05) is 6.92 Å². The molecule has 0 spiro atoms. The predicted octanol–water partition coefficient (Wildman–Crippen LogP) is 3.04. The predicted molar refractivity (Wildman–Crippen MR) is 78.3 cm³/mol. The number of aryl methyl sites for hydroxylation is 1. The second kappa shape index (κ2) is 5.54. The molecule has 2 aromatic rings. The van der Waals surface area contributed by atoms with Gasteiger partial charge in [0.15, 0.2) is 0 Å². The highest BCUT2D eigenvalue weighted by Gasteiger charge is 2.13. The molecule has 3 N–H and O–H groups in total. The van der Waals surface area contributed by atoms with Crippen LogP contribution in [0.3, 0.4) is 0 Å². The average Bonchev–Trinajstić information content (AvgIpc) is 2.36. The summed E-state index contributed by atoms with van der Waals surface area (Å²) in [5, 5.41) is 2.86. The number of halogens is 2. The Hall–Kier alpha value is -1.66. The van der Waals surface area contributed by atoms with Gasteiger partial charge in [0.1, 0.15) is 17.3 Å². The minimum absolute atomic E-state index is 0.0732. The lowest BCUT2D eigenvalue weighted by Gasteiger charge is -2.07. The van der Waals surface area contributed by atoms with Crippen molar-refractivity contribution in [2.24, 2.45) is 0 Å². The third-order valence-electron chi connectivity index (χ3n) is 2.37. The summed E-state index contributed by atoms with van der Waals surface area (Å²) in [6.45, 7) is 1.90. The molecular formula is C12H10BrClN4O. The number of hydrogen-bond acceptors (Lipinski definition) is 4. The molecule has 0 aliphatic heterocycles. The zero-order chi connectivity index (χ0) is 14.0. The van der Waals surface area contributed by atoms with Gasteiger partial charge in [-0.3, -0.25) is 4.79 Å². The number of pyridine rings is 2. The van der Waals surface area contributed by atoms with Gasteiger partial charge in [0.25, 0.3) is 5.91 Å². The molecule has 19 heavy (non-hydrogen) atoms. The van der Waals surface area contributed by atoms with Crippen LogP contribution in [-0.4, -0.2) is 15.9 Å². The summed E-state index contributed by atoms with van der Waals surface area (Å²) in [6, 6.07) is 4.79. The van der Waals surface area contributed by atoms with Gasteiger partial charge in [-0.15, -0.1) is 0 Å². The molecule has 0 aliphatic rings. The molecule has 2 heterocycles. The van der Waals surface area contributed by atoms with Crippen molar-refractivity contribution >= 4 is 45.1 Å². The Bertz CT molecular complexity index is 648. The molecule has 2 rings (SSSR count). The van der Waals surface area contributed by atoms with Gasteiger partial charge in [0.2, 0.25) is 0 Å². The first-order valence-corrected chi connectivity index (χ1v) is 6.50. The maximum atomic E-state index is 12.0. The molecule has 0 atom stereocenters. The highest BCUT2D eigenvalue weighted by atomic mass is 79.9. The Balaban J connectivity index is 2.25. The highest BCUT2D eigenvalue weighted by Crippen LogP contribution is 2.19. The van der Waals surface area contributed by atoms with Crippen LogP contribution < -0.4 is 11.1 Å². The molecule has 0 radical (unpaired) electrons. The average molecular weight is 342 g/mol. The van der Waals surface area contributed by atoms with E-state index in [2.05, 4.69) is 31.2 Å². The summed E-state index contributed by atoms with van der Waals surface area (Å²) < 4.78 is 0.866. The Kier molecular flexibility index (Phi) is 4.01. The summed E-state index contributed by atoms with van der Waals surface area (Å²) in [4.78, 5) is 20.0. The monoisotopic (exact) mass is 340 g/mol. The summed E-state index contributed by atoms with van der Waals surface area (Å²) in [5.74, 6) is 0.201. The summed E-state index contributed by atoms with van der Waals surface area (Å²) in [6.07, 6.45) is 1.61. The number of rotatable bonds is 2. The molecule has 0 unspecified atom stereocenters. The van der Waals surface area contributed by atoms with Gasteiger partial charge in [0, 0.05) is 10.7 Å². The van der Waals surface area contributed by atoms with Crippen molar-refractivity contribution < 1.29 is 4.79 Å². The van der Waals surface area contributed by atoms with Crippen LogP contribution in [0.2, 0.25) is 5.02 Å². The maximum absolute atomic E-state index is 12.0. The minimum Gasteiger partial charge on any atom is -0.384 e. The SMILES string of the molecule is Cc1cc(NC(=O)c2nc(N)ccc2Cl)ncc1Br. The van der Waals surface area contributed by atoms with Crippen LogP contribution in [0.25, 0.3) is 0 Å². The number of anilines is 2. The number of nitrogens with one attached hydrogen (secondary N) is 1. The quantitative estimate of drug-likeness (QED) is 0.879. The Morgan fingerprint density at radius 1 is 1.47 bits per heavy atom. The maximum Gasteiger partial charge on any atom is 0.277 e. The molecule has 1 amide bonds. The first-order valence-electron chi connectivity index (χ1n) is 5.33. The molecule has 0 saturated heterocycles. The van der Waals surface area contributed by atoms with Crippen molar-refractivity contribution in [3.8, 4) is 0 Å². The van der Waals surface area contributed by atoms with Gasteiger partial charge >= 0.3 is 0 Å².